The summed E-state index contributed by atoms with van der Waals surface area (Å²) >= 11 is 0. The first-order chi connectivity index (χ1) is 7.45. The van der Waals surface area contributed by atoms with Crippen molar-refractivity contribution in [2.75, 3.05) is 0 Å². The van der Waals surface area contributed by atoms with Crippen LogP contribution in [0.4, 0.5) is 0 Å². The number of hydrogen-bond acceptors (Lipinski definition) is 1. The van der Waals surface area contributed by atoms with Crippen LogP contribution in [0.5, 0.6) is 0 Å². The number of ketones is 1. The molecule has 0 radical (unpaired) electrons. The first-order valence-electron chi connectivity index (χ1n) is 6.03. The van der Waals surface area contributed by atoms with Gasteiger partial charge in [0.2, 0.25) is 0 Å². The van der Waals surface area contributed by atoms with Crippen molar-refractivity contribution < 1.29 is 4.79 Å². The standard InChI is InChI=1S/C15H20O/c1-10(2)12-5-6-13-7-8-14(16)11(3)15(13,4)9-12/h6-8,11-12H,1,5,9H2,2-4H3/t11-,12-,15-/m1/s1. The summed E-state index contributed by atoms with van der Waals surface area (Å²) in [5, 5.41) is 0. The summed E-state index contributed by atoms with van der Waals surface area (Å²) in [5.74, 6) is 0.906. The van der Waals surface area contributed by atoms with Crippen LogP contribution >= 0.6 is 0 Å². The van der Waals surface area contributed by atoms with Gasteiger partial charge in [0.05, 0.1) is 0 Å². The average molecular weight is 216 g/mol. The van der Waals surface area contributed by atoms with Crippen LogP contribution in [0.1, 0.15) is 33.6 Å². The molecule has 0 aromatic rings. The molecule has 0 unspecified atom stereocenters. The Labute approximate surface area is 97.9 Å². The van der Waals surface area contributed by atoms with Crippen molar-refractivity contribution in [1.82, 2.24) is 0 Å². The van der Waals surface area contributed by atoms with Gasteiger partial charge in [-0.15, -0.1) is 0 Å². The largest absolute Gasteiger partial charge is 0.295 e. The monoisotopic (exact) mass is 216 g/mol. The second-order valence-corrected chi connectivity index (χ2v) is 5.52. The van der Waals surface area contributed by atoms with E-state index in [0.717, 1.165) is 12.8 Å². The number of hydrogen-bond donors (Lipinski definition) is 0. The van der Waals surface area contributed by atoms with Gasteiger partial charge in [-0.2, -0.15) is 0 Å². The van der Waals surface area contributed by atoms with E-state index in [9.17, 15) is 4.79 Å². The molecule has 0 heterocycles. The van der Waals surface area contributed by atoms with Gasteiger partial charge in [0.1, 0.15) is 0 Å². The third-order valence-electron chi connectivity index (χ3n) is 4.46. The van der Waals surface area contributed by atoms with E-state index in [0.29, 0.717) is 5.92 Å². The van der Waals surface area contributed by atoms with Crippen LogP contribution in [-0.4, -0.2) is 5.78 Å². The molecule has 0 N–H and O–H groups in total. The zero-order valence-electron chi connectivity index (χ0n) is 10.4. The Hall–Kier alpha value is -1.11. The quantitative estimate of drug-likeness (QED) is 0.611. The highest BCUT2D eigenvalue weighted by Gasteiger charge is 2.43. The predicted molar refractivity (Wildman–Crippen MR) is 67.0 cm³/mol. The lowest BCUT2D eigenvalue weighted by Gasteiger charge is -2.44. The van der Waals surface area contributed by atoms with Gasteiger partial charge < -0.3 is 0 Å². The molecule has 16 heavy (non-hydrogen) atoms. The average Bonchev–Trinajstić information content (AvgIpc) is 2.24. The molecule has 0 saturated carbocycles. The zero-order chi connectivity index (χ0) is 11.9. The molecule has 2 rings (SSSR count). The van der Waals surface area contributed by atoms with Gasteiger partial charge in [-0.05, 0) is 37.3 Å². The Morgan fingerprint density at radius 2 is 2.19 bits per heavy atom. The second kappa shape index (κ2) is 3.73. The molecule has 0 fully saturated rings. The van der Waals surface area contributed by atoms with Crippen LogP contribution < -0.4 is 0 Å². The fourth-order valence-electron chi connectivity index (χ4n) is 2.91. The van der Waals surface area contributed by atoms with E-state index in [2.05, 4.69) is 33.4 Å². The van der Waals surface area contributed by atoms with Gasteiger partial charge in [0.25, 0.3) is 0 Å². The van der Waals surface area contributed by atoms with Gasteiger partial charge in [-0.25, -0.2) is 0 Å². The van der Waals surface area contributed by atoms with Crippen molar-refractivity contribution in [3.63, 3.8) is 0 Å². The molecule has 1 nitrogen and oxygen atoms in total. The predicted octanol–water partition coefficient (Wildman–Crippen LogP) is 3.68. The Kier molecular flexibility index (Phi) is 2.65. The minimum Gasteiger partial charge on any atom is -0.295 e. The smallest absolute Gasteiger partial charge is 0.159 e. The molecule has 3 atom stereocenters. The van der Waals surface area contributed by atoms with Gasteiger partial charge in [0.15, 0.2) is 5.78 Å². The Morgan fingerprint density at radius 3 is 2.81 bits per heavy atom. The van der Waals surface area contributed by atoms with Crippen LogP contribution in [-0.2, 0) is 4.79 Å². The minimum atomic E-state index is 0.0215. The first kappa shape index (κ1) is 11.4. The van der Waals surface area contributed by atoms with Crippen molar-refractivity contribution in [2.24, 2.45) is 17.3 Å². The number of carbonyl (C=O) groups is 1. The lowest BCUT2D eigenvalue weighted by atomic mass is 9.59. The SMILES string of the molecule is C=C(C)[C@@H]1CC=C2C=CC(=O)[C@@H](C)[C@@]2(C)C1. The second-order valence-electron chi connectivity index (χ2n) is 5.52. The van der Waals surface area contributed by atoms with Crippen LogP contribution in [0.25, 0.3) is 0 Å². The van der Waals surface area contributed by atoms with Crippen molar-refractivity contribution in [1.29, 1.82) is 0 Å². The summed E-state index contributed by atoms with van der Waals surface area (Å²) in [7, 11) is 0. The van der Waals surface area contributed by atoms with E-state index >= 15 is 0 Å². The van der Waals surface area contributed by atoms with Crippen LogP contribution in [0.3, 0.4) is 0 Å². The van der Waals surface area contributed by atoms with Crippen molar-refractivity contribution in [3.05, 3.63) is 36.0 Å². The summed E-state index contributed by atoms with van der Waals surface area (Å²) in [6.07, 6.45) is 8.18. The van der Waals surface area contributed by atoms with Crippen LogP contribution in [0.15, 0.2) is 36.0 Å². The Balaban J connectivity index is 2.39. The van der Waals surface area contributed by atoms with Gasteiger partial charge >= 0.3 is 0 Å². The normalized spacial score (nSPS) is 37.9. The van der Waals surface area contributed by atoms with E-state index in [-0.39, 0.29) is 17.1 Å². The van der Waals surface area contributed by atoms with E-state index in [4.69, 9.17) is 0 Å². The third kappa shape index (κ3) is 1.59. The van der Waals surface area contributed by atoms with E-state index in [1.54, 1.807) is 6.08 Å². The summed E-state index contributed by atoms with van der Waals surface area (Å²) in [5.41, 5.74) is 2.61. The molecule has 1 heteroatoms. The fourth-order valence-corrected chi connectivity index (χ4v) is 2.91. The third-order valence-corrected chi connectivity index (χ3v) is 4.46. The highest BCUT2D eigenvalue weighted by Crippen LogP contribution is 2.49. The topological polar surface area (TPSA) is 17.1 Å². The van der Waals surface area contributed by atoms with Gasteiger partial charge in [-0.3, -0.25) is 4.79 Å². The lowest BCUT2D eigenvalue weighted by molar-refractivity contribution is -0.121. The number of carbonyl (C=O) groups excluding carboxylic acids is 1. The zero-order valence-corrected chi connectivity index (χ0v) is 10.4. The molecule has 0 aromatic heterocycles. The summed E-state index contributed by atoms with van der Waals surface area (Å²) in [4.78, 5) is 11.8. The molecule has 2 aliphatic rings. The minimum absolute atomic E-state index is 0.0215. The van der Waals surface area contributed by atoms with Crippen LogP contribution in [0.2, 0.25) is 0 Å². The molecule has 0 amide bonds. The highest BCUT2D eigenvalue weighted by molar-refractivity contribution is 5.94. The molecule has 2 aliphatic carbocycles. The maximum Gasteiger partial charge on any atom is 0.159 e. The summed E-state index contributed by atoms with van der Waals surface area (Å²) in [6, 6.07) is 0. The van der Waals surface area contributed by atoms with E-state index in [1.165, 1.54) is 11.1 Å². The maximum absolute atomic E-state index is 11.8. The lowest BCUT2D eigenvalue weighted by Crippen LogP contribution is -2.38. The van der Waals surface area contributed by atoms with Crippen molar-refractivity contribution >= 4 is 5.78 Å². The maximum atomic E-state index is 11.8. The fraction of sp³-hybridized carbons (Fsp3) is 0.533. The Bertz CT molecular complexity index is 400. The molecular formula is C15H20O. The summed E-state index contributed by atoms with van der Waals surface area (Å²) < 4.78 is 0. The molecule has 0 bridgehead atoms. The van der Waals surface area contributed by atoms with Crippen molar-refractivity contribution in [2.45, 2.75) is 33.6 Å². The number of rotatable bonds is 1. The van der Waals surface area contributed by atoms with Crippen LogP contribution in [0, 0.1) is 17.3 Å². The highest BCUT2D eigenvalue weighted by atomic mass is 16.1. The van der Waals surface area contributed by atoms with Gasteiger partial charge in [0, 0.05) is 11.3 Å². The van der Waals surface area contributed by atoms with E-state index < -0.39 is 0 Å². The molecular weight excluding hydrogens is 196 g/mol. The molecule has 0 aliphatic heterocycles. The molecule has 86 valence electrons. The van der Waals surface area contributed by atoms with Crippen molar-refractivity contribution in [3.8, 4) is 0 Å². The number of fused-ring (bicyclic) bond motifs is 1. The Morgan fingerprint density at radius 1 is 1.50 bits per heavy atom. The number of allylic oxidation sites excluding steroid dienone is 5. The first-order valence-corrected chi connectivity index (χ1v) is 6.03. The summed E-state index contributed by atoms with van der Waals surface area (Å²) in [6.45, 7) is 10.4. The van der Waals surface area contributed by atoms with E-state index in [1.807, 2.05) is 6.08 Å². The molecule has 0 spiro atoms. The molecule has 0 aromatic carbocycles. The molecule has 0 saturated heterocycles. The van der Waals surface area contributed by atoms with Gasteiger partial charge in [-0.1, -0.05) is 38.2 Å².